The summed E-state index contributed by atoms with van der Waals surface area (Å²) in [5, 5.41) is 2.80. The number of hydrogen-bond acceptors (Lipinski definition) is 3. The number of nitrogens with two attached hydrogens (primary N) is 1. The van der Waals surface area contributed by atoms with E-state index in [2.05, 4.69) is 12.2 Å². The van der Waals surface area contributed by atoms with E-state index in [-0.39, 0.29) is 12.0 Å². The highest BCUT2D eigenvalue weighted by Gasteiger charge is 2.12. The van der Waals surface area contributed by atoms with Gasteiger partial charge in [-0.05, 0) is 18.9 Å². The lowest BCUT2D eigenvalue weighted by atomic mass is 10.1. The van der Waals surface area contributed by atoms with Crippen molar-refractivity contribution in [3.05, 3.63) is 47.7 Å². The first kappa shape index (κ1) is 15.2. The van der Waals surface area contributed by atoms with Gasteiger partial charge in [0.25, 0.3) is 0 Å². The molecule has 0 fully saturated rings. The molecule has 0 aliphatic rings. The van der Waals surface area contributed by atoms with Crippen LogP contribution in [0.15, 0.2) is 42.1 Å². The zero-order valence-electron chi connectivity index (χ0n) is 11.6. The van der Waals surface area contributed by atoms with E-state index >= 15 is 0 Å². The minimum Gasteiger partial charge on any atom is -0.402 e. The van der Waals surface area contributed by atoms with Crippen molar-refractivity contribution >= 4 is 5.91 Å². The van der Waals surface area contributed by atoms with Crippen LogP contribution in [0.5, 0.6) is 0 Å². The molecule has 0 radical (unpaired) electrons. The molecule has 19 heavy (non-hydrogen) atoms. The van der Waals surface area contributed by atoms with E-state index in [9.17, 15) is 4.79 Å². The van der Waals surface area contributed by atoms with Gasteiger partial charge in [-0.15, -0.1) is 0 Å². The smallest absolute Gasteiger partial charge is 0.245 e. The molecule has 104 valence electrons. The van der Waals surface area contributed by atoms with Crippen LogP contribution in [-0.2, 0) is 9.53 Å². The molecule has 4 heteroatoms. The molecular weight excluding hydrogens is 240 g/mol. The molecule has 0 saturated heterocycles. The van der Waals surface area contributed by atoms with Gasteiger partial charge in [0, 0.05) is 24.9 Å². The lowest BCUT2D eigenvalue weighted by molar-refractivity contribution is -0.117. The molecule has 0 aromatic heterocycles. The minimum atomic E-state index is -0.193. The highest BCUT2D eigenvalue weighted by Crippen LogP contribution is 2.16. The fourth-order valence-electron chi connectivity index (χ4n) is 1.65. The standard InChI is InChI=1S/C15H22N2O2/c1-3-9-19-14(13-7-5-4-6-8-13)11-17-15(18)10-12(2)16/h4-8,10,14H,3,9,11,16H2,1-2H3,(H,17,18)/b12-10-. The molecule has 0 aliphatic carbocycles. The Labute approximate surface area is 114 Å². The molecular formula is C15H22N2O2. The second kappa shape index (κ2) is 8.32. The molecule has 1 unspecified atom stereocenters. The van der Waals surface area contributed by atoms with Crippen LogP contribution in [0.2, 0.25) is 0 Å². The predicted octanol–water partition coefficient (Wildman–Crippen LogP) is 2.13. The average molecular weight is 262 g/mol. The molecule has 4 nitrogen and oxygen atoms in total. The summed E-state index contributed by atoms with van der Waals surface area (Å²) >= 11 is 0. The number of benzene rings is 1. The topological polar surface area (TPSA) is 64.3 Å². The summed E-state index contributed by atoms with van der Waals surface area (Å²) < 4.78 is 5.77. The average Bonchev–Trinajstić information content (AvgIpc) is 2.39. The Morgan fingerprint density at radius 1 is 1.42 bits per heavy atom. The van der Waals surface area contributed by atoms with E-state index in [1.54, 1.807) is 6.92 Å². The Morgan fingerprint density at radius 3 is 2.68 bits per heavy atom. The van der Waals surface area contributed by atoms with Gasteiger partial charge in [-0.1, -0.05) is 37.3 Å². The summed E-state index contributed by atoms with van der Waals surface area (Å²) in [6.45, 7) is 4.84. The third-order valence-corrected chi connectivity index (χ3v) is 2.51. The van der Waals surface area contributed by atoms with Crippen LogP contribution in [0.4, 0.5) is 0 Å². The van der Waals surface area contributed by atoms with Crippen LogP contribution in [0.25, 0.3) is 0 Å². The third-order valence-electron chi connectivity index (χ3n) is 2.51. The molecule has 1 amide bonds. The lowest BCUT2D eigenvalue weighted by Gasteiger charge is -2.18. The molecule has 1 atom stereocenters. The largest absolute Gasteiger partial charge is 0.402 e. The summed E-state index contributed by atoms with van der Waals surface area (Å²) in [7, 11) is 0. The van der Waals surface area contributed by atoms with Crippen molar-refractivity contribution in [1.82, 2.24) is 5.32 Å². The number of rotatable bonds is 7. The Balaban J connectivity index is 2.60. The highest BCUT2D eigenvalue weighted by molar-refractivity contribution is 5.87. The van der Waals surface area contributed by atoms with Crippen LogP contribution >= 0.6 is 0 Å². The fraction of sp³-hybridized carbons (Fsp3) is 0.400. The summed E-state index contributed by atoms with van der Waals surface area (Å²) in [4.78, 5) is 11.5. The first-order chi connectivity index (χ1) is 9.13. The van der Waals surface area contributed by atoms with Gasteiger partial charge < -0.3 is 15.8 Å². The van der Waals surface area contributed by atoms with E-state index in [0.717, 1.165) is 12.0 Å². The molecule has 0 bridgehead atoms. The van der Waals surface area contributed by atoms with Crippen LogP contribution in [0.1, 0.15) is 31.9 Å². The van der Waals surface area contributed by atoms with E-state index in [1.165, 1.54) is 6.08 Å². The van der Waals surface area contributed by atoms with Crippen LogP contribution in [0, 0.1) is 0 Å². The lowest BCUT2D eigenvalue weighted by Crippen LogP contribution is -2.28. The van der Waals surface area contributed by atoms with E-state index in [0.29, 0.717) is 18.8 Å². The number of hydrogen-bond donors (Lipinski definition) is 2. The van der Waals surface area contributed by atoms with Crippen molar-refractivity contribution in [1.29, 1.82) is 0 Å². The summed E-state index contributed by atoms with van der Waals surface area (Å²) in [5.74, 6) is -0.193. The van der Waals surface area contributed by atoms with E-state index in [1.807, 2.05) is 30.3 Å². The van der Waals surface area contributed by atoms with Crippen molar-refractivity contribution < 1.29 is 9.53 Å². The Morgan fingerprint density at radius 2 is 2.11 bits per heavy atom. The molecule has 1 aromatic rings. The zero-order chi connectivity index (χ0) is 14.1. The number of nitrogens with one attached hydrogen (secondary N) is 1. The van der Waals surface area contributed by atoms with Crippen molar-refractivity contribution in [2.75, 3.05) is 13.2 Å². The van der Waals surface area contributed by atoms with Gasteiger partial charge in [0.2, 0.25) is 5.91 Å². The summed E-state index contributed by atoms with van der Waals surface area (Å²) in [5.41, 5.74) is 7.01. The SMILES string of the molecule is CCCOC(CNC(=O)/C=C(/C)N)c1ccccc1. The molecule has 1 aromatic carbocycles. The molecule has 0 heterocycles. The number of amides is 1. The molecule has 3 N–H and O–H groups in total. The maximum Gasteiger partial charge on any atom is 0.245 e. The first-order valence-electron chi connectivity index (χ1n) is 6.51. The Kier molecular flexibility index (Phi) is 6.68. The molecule has 0 spiro atoms. The number of allylic oxidation sites excluding steroid dienone is 1. The second-order valence-corrected chi connectivity index (χ2v) is 4.40. The van der Waals surface area contributed by atoms with Crippen molar-refractivity contribution in [2.24, 2.45) is 5.73 Å². The van der Waals surface area contributed by atoms with Gasteiger partial charge >= 0.3 is 0 Å². The zero-order valence-corrected chi connectivity index (χ0v) is 11.6. The van der Waals surface area contributed by atoms with Crippen LogP contribution < -0.4 is 11.1 Å². The van der Waals surface area contributed by atoms with Crippen molar-refractivity contribution in [2.45, 2.75) is 26.4 Å². The quantitative estimate of drug-likeness (QED) is 0.740. The maximum atomic E-state index is 11.5. The maximum absolute atomic E-state index is 11.5. The fourth-order valence-corrected chi connectivity index (χ4v) is 1.65. The molecule has 1 rings (SSSR count). The van der Waals surface area contributed by atoms with Crippen molar-refractivity contribution in [3.63, 3.8) is 0 Å². The summed E-state index contributed by atoms with van der Waals surface area (Å²) in [6.07, 6.45) is 2.19. The van der Waals surface area contributed by atoms with Gasteiger partial charge in [-0.25, -0.2) is 0 Å². The van der Waals surface area contributed by atoms with E-state index < -0.39 is 0 Å². The van der Waals surface area contributed by atoms with Gasteiger partial charge in [0.05, 0.1) is 6.10 Å². The van der Waals surface area contributed by atoms with Gasteiger partial charge in [0.15, 0.2) is 0 Å². The molecule has 0 aliphatic heterocycles. The van der Waals surface area contributed by atoms with Gasteiger partial charge in [0.1, 0.15) is 0 Å². The van der Waals surface area contributed by atoms with Crippen LogP contribution in [-0.4, -0.2) is 19.1 Å². The van der Waals surface area contributed by atoms with Crippen molar-refractivity contribution in [3.8, 4) is 0 Å². The minimum absolute atomic E-state index is 0.128. The predicted molar refractivity (Wildman–Crippen MR) is 76.4 cm³/mol. The molecule has 0 saturated carbocycles. The van der Waals surface area contributed by atoms with Gasteiger partial charge in [-0.3, -0.25) is 4.79 Å². The summed E-state index contributed by atoms with van der Waals surface area (Å²) in [6, 6.07) is 9.87. The van der Waals surface area contributed by atoms with E-state index in [4.69, 9.17) is 10.5 Å². The normalized spacial score (nSPS) is 13.1. The Bertz CT molecular complexity index is 411. The second-order valence-electron chi connectivity index (χ2n) is 4.40. The number of ether oxygens (including phenoxy) is 1. The monoisotopic (exact) mass is 262 g/mol. The Hall–Kier alpha value is -1.81. The number of carbonyl (C=O) groups excluding carboxylic acids is 1. The van der Waals surface area contributed by atoms with Crippen LogP contribution in [0.3, 0.4) is 0 Å². The number of carbonyl (C=O) groups is 1. The van der Waals surface area contributed by atoms with Gasteiger partial charge in [-0.2, -0.15) is 0 Å². The first-order valence-corrected chi connectivity index (χ1v) is 6.51. The highest BCUT2D eigenvalue weighted by atomic mass is 16.5. The third kappa shape index (κ3) is 6.06.